The second-order valence-electron chi connectivity index (χ2n) is 5.51. The summed E-state index contributed by atoms with van der Waals surface area (Å²) in [6, 6.07) is 11.5. The number of hydrogen-bond acceptors (Lipinski definition) is 5. The van der Waals surface area contributed by atoms with Crippen molar-refractivity contribution in [1.82, 2.24) is 9.97 Å². The van der Waals surface area contributed by atoms with Gasteiger partial charge in [-0.3, -0.25) is 4.79 Å². The highest BCUT2D eigenvalue weighted by Crippen LogP contribution is 2.29. The van der Waals surface area contributed by atoms with Crippen LogP contribution in [0.2, 0.25) is 0 Å². The number of carbonyl (C=O) groups excluding carboxylic acids is 1. The predicted octanol–water partition coefficient (Wildman–Crippen LogP) is 4.47. The molecular formula is C19H19N3O2S. The lowest BCUT2D eigenvalue weighted by atomic mass is 10.2. The summed E-state index contributed by atoms with van der Waals surface area (Å²) in [5, 5.41) is 3.67. The average molecular weight is 353 g/mol. The fraction of sp³-hybridized carbons (Fsp3) is 0.211. The molecule has 0 atom stereocenters. The van der Waals surface area contributed by atoms with Gasteiger partial charge >= 0.3 is 0 Å². The van der Waals surface area contributed by atoms with Gasteiger partial charge in [0.2, 0.25) is 0 Å². The Morgan fingerprint density at radius 3 is 2.64 bits per heavy atom. The number of rotatable bonds is 5. The van der Waals surface area contributed by atoms with Crippen molar-refractivity contribution < 1.29 is 9.53 Å². The number of aryl methyl sites for hydroxylation is 2. The quantitative estimate of drug-likeness (QED) is 0.735. The van der Waals surface area contributed by atoms with E-state index in [-0.39, 0.29) is 5.91 Å². The smallest absolute Gasteiger partial charge is 0.268 e. The standard InChI is InChI=1S/C19H19N3O2S/c1-4-24-15-9-7-14(8-10-15)19-21-13(3)16(25-19)18(23)22-17-12(2)6-5-11-20-17/h5-11H,4H2,1-3H3,(H,20,22,23). The van der Waals surface area contributed by atoms with Gasteiger partial charge in [0, 0.05) is 11.8 Å². The molecule has 0 aliphatic carbocycles. The highest BCUT2D eigenvalue weighted by atomic mass is 32.1. The van der Waals surface area contributed by atoms with E-state index in [9.17, 15) is 4.79 Å². The third-order valence-corrected chi connectivity index (χ3v) is 4.86. The first-order valence-corrected chi connectivity index (χ1v) is 8.83. The summed E-state index contributed by atoms with van der Waals surface area (Å²) in [7, 11) is 0. The number of nitrogens with one attached hydrogen (secondary N) is 1. The first-order valence-electron chi connectivity index (χ1n) is 8.02. The SMILES string of the molecule is CCOc1ccc(-c2nc(C)c(C(=O)Nc3ncccc3C)s2)cc1. The van der Waals surface area contributed by atoms with Crippen molar-refractivity contribution in [2.24, 2.45) is 0 Å². The van der Waals surface area contributed by atoms with Crippen molar-refractivity contribution in [3.05, 3.63) is 58.7 Å². The number of carbonyl (C=O) groups is 1. The Balaban J connectivity index is 1.82. The number of amides is 1. The Hall–Kier alpha value is -2.73. The fourth-order valence-electron chi connectivity index (χ4n) is 2.37. The lowest BCUT2D eigenvalue weighted by molar-refractivity contribution is 0.102. The lowest BCUT2D eigenvalue weighted by Gasteiger charge is -2.05. The molecule has 1 amide bonds. The van der Waals surface area contributed by atoms with Crippen LogP contribution >= 0.6 is 11.3 Å². The van der Waals surface area contributed by atoms with Crippen LogP contribution in [0.15, 0.2) is 42.6 Å². The number of pyridine rings is 1. The summed E-state index contributed by atoms with van der Waals surface area (Å²) in [5.74, 6) is 1.21. The number of ether oxygens (including phenoxy) is 1. The van der Waals surface area contributed by atoms with Gasteiger partial charge in [-0.2, -0.15) is 0 Å². The summed E-state index contributed by atoms with van der Waals surface area (Å²) in [6.07, 6.45) is 1.66. The molecule has 2 heterocycles. The molecule has 0 saturated carbocycles. The van der Waals surface area contributed by atoms with Crippen molar-refractivity contribution >= 4 is 23.1 Å². The van der Waals surface area contributed by atoms with Gasteiger partial charge in [-0.25, -0.2) is 9.97 Å². The molecule has 0 fully saturated rings. The van der Waals surface area contributed by atoms with E-state index in [4.69, 9.17) is 4.74 Å². The van der Waals surface area contributed by atoms with E-state index in [1.807, 2.05) is 57.2 Å². The van der Waals surface area contributed by atoms with Crippen LogP contribution in [0.1, 0.15) is 27.9 Å². The zero-order valence-corrected chi connectivity index (χ0v) is 15.2. The van der Waals surface area contributed by atoms with E-state index in [2.05, 4.69) is 15.3 Å². The van der Waals surface area contributed by atoms with Gasteiger partial charge in [0.15, 0.2) is 0 Å². The van der Waals surface area contributed by atoms with Gasteiger partial charge < -0.3 is 10.1 Å². The number of aromatic nitrogens is 2. The van der Waals surface area contributed by atoms with Gasteiger partial charge in [-0.05, 0) is 56.7 Å². The number of benzene rings is 1. The molecule has 25 heavy (non-hydrogen) atoms. The van der Waals surface area contributed by atoms with Gasteiger partial charge in [-0.15, -0.1) is 11.3 Å². The Morgan fingerprint density at radius 1 is 1.20 bits per heavy atom. The highest BCUT2D eigenvalue weighted by molar-refractivity contribution is 7.17. The molecule has 5 nitrogen and oxygen atoms in total. The molecule has 0 unspecified atom stereocenters. The van der Waals surface area contributed by atoms with Crippen molar-refractivity contribution in [3.63, 3.8) is 0 Å². The number of thiazole rings is 1. The van der Waals surface area contributed by atoms with Crippen molar-refractivity contribution in [2.45, 2.75) is 20.8 Å². The topological polar surface area (TPSA) is 64.1 Å². The van der Waals surface area contributed by atoms with Crippen LogP contribution in [0, 0.1) is 13.8 Å². The zero-order valence-electron chi connectivity index (χ0n) is 14.4. The molecule has 0 aliphatic rings. The minimum atomic E-state index is -0.186. The molecule has 2 aromatic heterocycles. The molecule has 128 valence electrons. The maximum absolute atomic E-state index is 12.6. The molecule has 3 aromatic rings. The van der Waals surface area contributed by atoms with Gasteiger partial charge in [0.05, 0.1) is 12.3 Å². The minimum absolute atomic E-state index is 0.186. The molecule has 0 spiro atoms. The predicted molar refractivity (Wildman–Crippen MR) is 100 cm³/mol. The maximum atomic E-state index is 12.6. The van der Waals surface area contributed by atoms with E-state index in [0.717, 1.165) is 21.9 Å². The molecule has 3 rings (SSSR count). The van der Waals surface area contributed by atoms with Crippen LogP contribution in [0.5, 0.6) is 5.75 Å². The van der Waals surface area contributed by atoms with E-state index in [0.29, 0.717) is 23.0 Å². The largest absolute Gasteiger partial charge is 0.494 e. The maximum Gasteiger partial charge on any atom is 0.268 e. The summed E-state index contributed by atoms with van der Waals surface area (Å²) in [6.45, 7) is 6.33. The molecule has 0 bridgehead atoms. The molecule has 1 N–H and O–H groups in total. The van der Waals surface area contributed by atoms with Crippen LogP contribution in [0.4, 0.5) is 5.82 Å². The monoisotopic (exact) mass is 353 g/mol. The minimum Gasteiger partial charge on any atom is -0.494 e. The normalized spacial score (nSPS) is 10.5. The summed E-state index contributed by atoms with van der Waals surface area (Å²) in [5.41, 5.74) is 2.59. The third-order valence-electron chi connectivity index (χ3n) is 3.66. The molecule has 0 radical (unpaired) electrons. The van der Waals surface area contributed by atoms with Crippen LogP contribution in [0.25, 0.3) is 10.6 Å². The first-order chi connectivity index (χ1) is 12.1. The second kappa shape index (κ2) is 7.44. The molecular weight excluding hydrogens is 334 g/mol. The fourth-order valence-corrected chi connectivity index (χ4v) is 3.34. The Bertz CT molecular complexity index is 888. The molecule has 0 aliphatic heterocycles. The van der Waals surface area contributed by atoms with E-state index >= 15 is 0 Å². The van der Waals surface area contributed by atoms with Crippen LogP contribution in [0.3, 0.4) is 0 Å². The third kappa shape index (κ3) is 3.85. The Morgan fingerprint density at radius 2 is 1.96 bits per heavy atom. The first kappa shape index (κ1) is 17.1. The van der Waals surface area contributed by atoms with Crippen LogP contribution < -0.4 is 10.1 Å². The van der Waals surface area contributed by atoms with Crippen LogP contribution in [-0.4, -0.2) is 22.5 Å². The van der Waals surface area contributed by atoms with E-state index in [1.54, 1.807) is 6.20 Å². The molecule has 0 saturated heterocycles. The van der Waals surface area contributed by atoms with E-state index < -0.39 is 0 Å². The van der Waals surface area contributed by atoms with Gasteiger partial charge in [0.1, 0.15) is 21.5 Å². The van der Waals surface area contributed by atoms with Crippen molar-refractivity contribution in [2.75, 3.05) is 11.9 Å². The van der Waals surface area contributed by atoms with E-state index in [1.165, 1.54) is 11.3 Å². The number of anilines is 1. The average Bonchev–Trinajstić information content (AvgIpc) is 3.00. The highest BCUT2D eigenvalue weighted by Gasteiger charge is 2.17. The van der Waals surface area contributed by atoms with Crippen molar-refractivity contribution in [1.29, 1.82) is 0 Å². The van der Waals surface area contributed by atoms with Gasteiger partial charge in [0.25, 0.3) is 5.91 Å². The lowest BCUT2D eigenvalue weighted by Crippen LogP contribution is -2.13. The zero-order chi connectivity index (χ0) is 17.8. The Kier molecular flexibility index (Phi) is 5.09. The second-order valence-corrected chi connectivity index (χ2v) is 6.51. The molecule has 6 heteroatoms. The van der Waals surface area contributed by atoms with Gasteiger partial charge in [-0.1, -0.05) is 6.07 Å². The number of hydrogen-bond donors (Lipinski definition) is 1. The summed E-state index contributed by atoms with van der Waals surface area (Å²) >= 11 is 1.37. The van der Waals surface area contributed by atoms with Crippen molar-refractivity contribution in [3.8, 4) is 16.3 Å². The number of nitrogens with zero attached hydrogens (tertiary/aromatic N) is 2. The summed E-state index contributed by atoms with van der Waals surface area (Å²) < 4.78 is 5.45. The Labute approximate surface area is 150 Å². The summed E-state index contributed by atoms with van der Waals surface area (Å²) in [4.78, 5) is 21.9. The van der Waals surface area contributed by atoms with Crippen LogP contribution in [-0.2, 0) is 0 Å². The molecule has 1 aromatic carbocycles.